The summed E-state index contributed by atoms with van der Waals surface area (Å²) in [7, 11) is 0.408. The summed E-state index contributed by atoms with van der Waals surface area (Å²) in [5.74, 6) is 3.57. The molecule has 11 nitrogen and oxygen atoms in total. The lowest BCUT2D eigenvalue weighted by Gasteiger charge is -2.37. The summed E-state index contributed by atoms with van der Waals surface area (Å²) < 4.78 is 61.2. The van der Waals surface area contributed by atoms with Gasteiger partial charge in [-0.05, 0) is 32.0 Å². The molecule has 1 aliphatic heterocycles. The number of nitrogens with one attached hydrogen (secondary N) is 2. The highest BCUT2D eigenvalue weighted by Crippen LogP contribution is 2.38. The molecule has 2 rings (SSSR count). The van der Waals surface area contributed by atoms with Crippen molar-refractivity contribution in [1.82, 2.24) is 14.9 Å². The molecule has 0 radical (unpaired) electrons. The summed E-state index contributed by atoms with van der Waals surface area (Å²) in [4.78, 5) is 38.3. The lowest BCUT2D eigenvalue weighted by atomic mass is 10.2. The molecular weight excluding hydrogens is 630 g/mol. The van der Waals surface area contributed by atoms with E-state index in [1.807, 2.05) is 5.32 Å². The smallest absolute Gasteiger partial charge is 0.414 e. The number of H-pyrrole nitrogens is 1. The van der Waals surface area contributed by atoms with E-state index < -0.39 is 54.8 Å². The fraction of sp³-hybridized carbons (Fsp3) is 0.731. The Morgan fingerprint density at radius 2 is 1.93 bits per heavy atom. The Kier molecular flexibility index (Phi) is 13.5. The lowest BCUT2D eigenvalue weighted by molar-refractivity contribution is -0.173. The highest BCUT2D eigenvalue weighted by atomic mass is 33.1. The van der Waals surface area contributed by atoms with Crippen LogP contribution in [-0.2, 0) is 23.4 Å². The van der Waals surface area contributed by atoms with E-state index in [1.165, 1.54) is 32.4 Å². The number of aromatic nitrogens is 2. The van der Waals surface area contributed by atoms with E-state index in [0.717, 1.165) is 0 Å². The van der Waals surface area contributed by atoms with Gasteiger partial charge in [0.1, 0.15) is 30.4 Å². The summed E-state index contributed by atoms with van der Waals surface area (Å²) in [6, 6.07) is 0. The lowest BCUT2D eigenvalue weighted by Crippen LogP contribution is -2.44. The molecule has 1 amide bonds. The second kappa shape index (κ2) is 15.5. The van der Waals surface area contributed by atoms with E-state index in [0.29, 0.717) is 6.42 Å². The Balaban J connectivity index is 1.96. The Bertz CT molecular complexity index is 1270. The molecule has 0 aliphatic carbocycles. The van der Waals surface area contributed by atoms with E-state index in [2.05, 4.69) is 50.7 Å². The number of nitrogens with zero attached hydrogens (tertiary/aromatic N) is 1. The van der Waals surface area contributed by atoms with Crippen LogP contribution in [0, 0.1) is 11.8 Å². The molecule has 0 saturated carbocycles. The molecule has 0 bridgehead atoms. The van der Waals surface area contributed by atoms with Gasteiger partial charge in [-0.15, -0.1) is 0 Å². The monoisotopic (exact) mass is 670 g/mol. The molecule has 1 fully saturated rings. The number of rotatable bonds is 13. The van der Waals surface area contributed by atoms with Crippen molar-refractivity contribution in [3.05, 3.63) is 32.6 Å². The molecule has 2 heterocycles. The zero-order valence-electron chi connectivity index (χ0n) is 25.4. The van der Waals surface area contributed by atoms with Crippen molar-refractivity contribution >= 4 is 35.8 Å². The minimum absolute atomic E-state index is 0.00475. The van der Waals surface area contributed by atoms with Gasteiger partial charge in [-0.25, -0.2) is 4.79 Å². The molecule has 3 atom stereocenters. The molecule has 0 aromatic carbocycles. The SMILES string of the molecule is CC(C)(CNC(=O)C(F)(F)F)SSCOCC#Cc1cn([C@H]2CC(OCN)[C@@H](CO[Si](C)(C)C(C)(C)C)O2)c(=O)[nH]c1=O. The number of nitrogens with two attached hydrogens (primary N) is 1. The maximum atomic E-state index is 12.6. The van der Waals surface area contributed by atoms with Crippen molar-refractivity contribution in [1.29, 1.82) is 0 Å². The largest absolute Gasteiger partial charge is 0.471 e. The van der Waals surface area contributed by atoms with Crippen molar-refractivity contribution in [3.63, 3.8) is 0 Å². The van der Waals surface area contributed by atoms with Gasteiger partial charge in [0, 0.05) is 23.9 Å². The first-order valence-corrected chi connectivity index (χ1v) is 18.7. The first-order valence-electron chi connectivity index (χ1n) is 13.5. The van der Waals surface area contributed by atoms with Gasteiger partial charge in [0.25, 0.3) is 5.56 Å². The number of ether oxygens (including phenoxy) is 3. The number of halogens is 3. The minimum Gasteiger partial charge on any atom is -0.414 e. The van der Waals surface area contributed by atoms with Gasteiger partial charge < -0.3 is 29.7 Å². The number of carbonyl (C=O) groups excluding carboxylic acids is 1. The fourth-order valence-corrected chi connectivity index (χ4v) is 6.63. The van der Waals surface area contributed by atoms with Crippen LogP contribution in [0.1, 0.15) is 52.8 Å². The van der Waals surface area contributed by atoms with E-state index in [-0.39, 0.29) is 43.0 Å². The third kappa shape index (κ3) is 11.6. The van der Waals surface area contributed by atoms with E-state index in [1.54, 1.807) is 13.8 Å². The average Bonchev–Trinajstić information content (AvgIpc) is 3.28. The third-order valence-corrected chi connectivity index (χ3v) is 14.4. The molecule has 0 spiro atoms. The maximum absolute atomic E-state index is 12.6. The Labute approximate surface area is 258 Å². The summed E-state index contributed by atoms with van der Waals surface area (Å²) in [6.07, 6.45) is -4.90. The number of hydrogen-bond donors (Lipinski definition) is 3. The Morgan fingerprint density at radius 1 is 1.26 bits per heavy atom. The number of hydrogen-bond acceptors (Lipinski definition) is 10. The van der Waals surface area contributed by atoms with E-state index in [9.17, 15) is 27.6 Å². The van der Waals surface area contributed by atoms with Crippen molar-refractivity contribution in [3.8, 4) is 11.8 Å². The summed E-state index contributed by atoms with van der Waals surface area (Å²) in [6.45, 7) is 14.0. The van der Waals surface area contributed by atoms with Gasteiger partial charge >= 0.3 is 17.8 Å². The van der Waals surface area contributed by atoms with Gasteiger partial charge in [0.15, 0.2) is 8.32 Å². The number of amides is 1. The van der Waals surface area contributed by atoms with Crippen molar-refractivity contribution in [2.24, 2.45) is 5.73 Å². The van der Waals surface area contributed by atoms with Crippen LogP contribution in [0.2, 0.25) is 18.1 Å². The van der Waals surface area contributed by atoms with Crippen LogP contribution in [0.15, 0.2) is 15.8 Å². The first-order chi connectivity index (χ1) is 19.8. The third-order valence-electron chi connectivity index (χ3n) is 6.93. The van der Waals surface area contributed by atoms with Crippen LogP contribution in [0.25, 0.3) is 0 Å². The summed E-state index contributed by atoms with van der Waals surface area (Å²) in [5.41, 5.74) is 4.35. The highest BCUT2D eigenvalue weighted by Gasteiger charge is 2.42. The maximum Gasteiger partial charge on any atom is 0.471 e. The molecule has 1 saturated heterocycles. The topological polar surface area (TPSA) is 147 Å². The van der Waals surface area contributed by atoms with Gasteiger partial charge in [0.05, 0.1) is 19.4 Å². The second-order valence-electron chi connectivity index (χ2n) is 11.9. The average molecular weight is 671 g/mol. The van der Waals surface area contributed by atoms with Crippen LogP contribution in [0.3, 0.4) is 0 Å². The van der Waals surface area contributed by atoms with Crippen LogP contribution >= 0.6 is 21.6 Å². The van der Waals surface area contributed by atoms with Gasteiger partial charge in [0.2, 0.25) is 0 Å². The molecule has 4 N–H and O–H groups in total. The molecule has 1 aliphatic rings. The van der Waals surface area contributed by atoms with Gasteiger partial charge in [-0.3, -0.25) is 19.1 Å². The number of alkyl halides is 3. The van der Waals surface area contributed by atoms with E-state index in [4.69, 9.17) is 24.4 Å². The van der Waals surface area contributed by atoms with Crippen LogP contribution in [-0.4, -0.2) is 79.3 Å². The Hall–Kier alpha value is -1.78. The molecule has 1 unspecified atom stereocenters. The summed E-state index contributed by atoms with van der Waals surface area (Å²) in [5, 5.41) is 1.86. The summed E-state index contributed by atoms with van der Waals surface area (Å²) >= 11 is 0. The first kappa shape index (κ1) is 37.4. The molecule has 1 aromatic rings. The molecule has 17 heteroatoms. The number of aromatic amines is 1. The van der Waals surface area contributed by atoms with E-state index >= 15 is 0 Å². The molecule has 244 valence electrons. The van der Waals surface area contributed by atoms with Crippen LogP contribution < -0.4 is 22.3 Å². The fourth-order valence-electron chi connectivity index (χ4n) is 3.48. The normalized spacial score (nSPS) is 19.7. The minimum atomic E-state index is -4.93. The predicted octanol–water partition coefficient (Wildman–Crippen LogP) is 3.31. The van der Waals surface area contributed by atoms with Crippen molar-refractivity contribution < 1.29 is 36.6 Å². The standard InChI is InChI=1S/C26H41F3N4O7S2Si/c1-24(2,3)43(6,7)39-13-19-18(38-15-30)11-20(40-19)33-12-17(21(34)32-23(33)36)9-8-10-37-16-41-42-25(4,5)14-31-22(35)26(27,28)29/h12,18-20H,10-11,13-16,30H2,1-7H3,(H,31,35)(H,32,34,36)/t18?,19-,20-/m1/s1. The van der Waals surface area contributed by atoms with Gasteiger partial charge in [-0.1, -0.05) is 54.2 Å². The second-order valence-corrected chi connectivity index (χ2v) is 19.7. The molecule has 1 aromatic heterocycles. The van der Waals surface area contributed by atoms with Crippen molar-refractivity contribution in [2.45, 2.75) is 88.5 Å². The zero-order chi connectivity index (χ0) is 32.6. The van der Waals surface area contributed by atoms with Gasteiger partial charge in [-0.2, -0.15) is 13.2 Å². The zero-order valence-corrected chi connectivity index (χ0v) is 28.0. The molecule has 43 heavy (non-hydrogen) atoms. The number of carbonyl (C=O) groups is 1. The van der Waals surface area contributed by atoms with Crippen molar-refractivity contribution in [2.75, 3.05) is 32.4 Å². The highest BCUT2D eigenvalue weighted by molar-refractivity contribution is 8.77. The van der Waals surface area contributed by atoms with Crippen LogP contribution in [0.5, 0.6) is 0 Å². The Morgan fingerprint density at radius 3 is 2.53 bits per heavy atom. The van der Waals surface area contributed by atoms with Crippen LogP contribution in [0.4, 0.5) is 13.2 Å². The molecular formula is C26H41F3N4O7S2Si. The predicted molar refractivity (Wildman–Crippen MR) is 163 cm³/mol. The quantitative estimate of drug-likeness (QED) is 0.0939.